The first kappa shape index (κ1) is 16.5. The quantitative estimate of drug-likeness (QED) is 0.902. The van der Waals surface area contributed by atoms with Crippen molar-refractivity contribution < 1.29 is 9.53 Å². The number of rotatable bonds is 4. The molecule has 1 amide bonds. The van der Waals surface area contributed by atoms with Gasteiger partial charge < -0.3 is 15.0 Å². The Balaban J connectivity index is 2.37. The van der Waals surface area contributed by atoms with Crippen LogP contribution < -0.4 is 15.0 Å². The number of anilines is 2. The highest BCUT2D eigenvalue weighted by Crippen LogP contribution is 2.30. The van der Waals surface area contributed by atoms with Crippen LogP contribution in [0.15, 0.2) is 36.4 Å². The molecule has 0 heterocycles. The second-order valence-electron chi connectivity index (χ2n) is 4.85. The van der Waals surface area contributed by atoms with E-state index >= 15 is 0 Å². The molecule has 0 spiro atoms. The highest BCUT2D eigenvalue weighted by Gasteiger charge is 2.15. The molecule has 0 atom stereocenters. The van der Waals surface area contributed by atoms with Gasteiger partial charge in [-0.15, -0.1) is 0 Å². The highest BCUT2D eigenvalue weighted by atomic mass is 35.5. The van der Waals surface area contributed by atoms with Crippen molar-refractivity contribution in [2.24, 2.45) is 0 Å². The minimum atomic E-state index is -0.315. The van der Waals surface area contributed by atoms with Gasteiger partial charge in [-0.25, -0.2) is 0 Å². The van der Waals surface area contributed by atoms with E-state index in [0.717, 1.165) is 5.69 Å². The van der Waals surface area contributed by atoms with Crippen molar-refractivity contribution in [2.45, 2.75) is 0 Å². The molecular weight excluding hydrogens is 323 g/mol. The second kappa shape index (κ2) is 6.90. The molecule has 0 saturated carbocycles. The third-order valence-electron chi connectivity index (χ3n) is 3.09. The van der Waals surface area contributed by atoms with Crippen molar-refractivity contribution in [1.29, 1.82) is 0 Å². The number of carbonyl (C=O) groups is 1. The predicted molar refractivity (Wildman–Crippen MR) is 91.7 cm³/mol. The zero-order chi connectivity index (χ0) is 16.3. The third-order valence-corrected chi connectivity index (χ3v) is 3.56. The summed E-state index contributed by atoms with van der Waals surface area (Å²) in [6.07, 6.45) is 0. The van der Waals surface area contributed by atoms with Crippen molar-refractivity contribution in [3.05, 3.63) is 52.0 Å². The van der Waals surface area contributed by atoms with Gasteiger partial charge in [0.05, 0.1) is 24.0 Å². The lowest BCUT2D eigenvalue weighted by molar-refractivity contribution is 0.102. The number of ether oxygens (including phenoxy) is 1. The highest BCUT2D eigenvalue weighted by molar-refractivity contribution is 6.31. The van der Waals surface area contributed by atoms with Crippen LogP contribution in [0.4, 0.5) is 11.4 Å². The Morgan fingerprint density at radius 2 is 1.73 bits per heavy atom. The van der Waals surface area contributed by atoms with Gasteiger partial charge in [-0.3, -0.25) is 4.79 Å². The summed E-state index contributed by atoms with van der Waals surface area (Å²) in [7, 11) is 5.28. The number of carbonyl (C=O) groups excluding carboxylic acids is 1. The van der Waals surface area contributed by atoms with Gasteiger partial charge in [-0.2, -0.15) is 0 Å². The maximum atomic E-state index is 12.5. The minimum Gasteiger partial charge on any atom is -0.496 e. The van der Waals surface area contributed by atoms with Crippen LogP contribution in [-0.2, 0) is 0 Å². The molecule has 0 aliphatic rings. The van der Waals surface area contributed by atoms with Crippen LogP contribution >= 0.6 is 23.2 Å². The van der Waals surface area contributed by atoms with Crippen LogP contribution in [0.2, 0.25) is 10.0 Å². The largest absolute Gasteiger partial charge is 0.496 e. The van der Waals surface area contributed by atoms with E-state index in [4.69, 9.17) is 27.9 Å². The summed E-state index contributed by atoms with van der Waals surface area (Å²) in [6, 6.07) is 10.2. The number of halogens is 2. The Bertz CT molecular complexity index is 703. The molecule has 0 aromatic heterocycles. The van der Waals surface area contributed by atoms with Crippen LogP contribution in [0.25, 0.3) is 0 Å². The molecule has 6 heteroatoms. The standard InChI is InChI=1S/C16H16Cl2N2O2/c1-20(2)14-6-4-11(18)9-13(14)19-16(21)12-8-10(17)5-7-15(12)22-3/h4-9H,1-3H3,(H,19,21). The summed E-state index contributed by atoms with van der Waals surface area (Å²) >= 11 is 12.0. The lowest BCUT2D eigenvalue weighted by Crippen LogP contribution is -2.17. The topological polar surface area (TPSA) is 41.6 Å². The monoisotopic (exact) mass is 338 g/mol. The molecule has 2 aromatic rings. The Kier molecular flexibility index (Phi) is 5.16. The first-order chi connectivity index (χ1) is 10.4. The van der Waals surface area contributed by atoms with Crippen LogP contribution in [0, 0.1) is 0 Å². The van der Waals surface area contributed by atoms with Gasteiger partial charge in [0.2, 0.25) is 0 Å². The van der Waals surface area contributed by atoms with E-state index < -0.39 is 0 Å². The molecular formula is C16H16Cl2N2O2. The number of hydrogen-bond acceptors (Lipinski definition) is 3. The minimum absolute atomic E-state index is 0.315. The summed E-state index contributed by atoms with van der Waals surface area (Å²) in [5, 5.41) is 3.85. The molecule has 116 valence electrons. The van der Waals surface area contributed by atoms with Gasteiger partial charge in [0.1, 0.15) is 5.75 Å². The Morgan fingerprint density at radius 1 is 1.09 bits per heavy atom. The van der Waals surface area contributed by atoms with Crippen LogP contribution in [0.5, 0.6) is 5.75 Å². The van der Waals surface area contributed by atoms with E-state index in [9.17, 15) is 4.79 Å². The van der Waals surface area contributed by atoms with Gasteiger partial charge in [-0.05, 0) is 36.4 Å². The first-order valence-electron chi connectivity index (χ1n) is 6.54. The molecule has 0 radical (unpaired) electrons. The normalized spacial score (nSPS) is 10.2. The van der Waals surface area contributed by atoms with Gasteiger partial charge in [0, 0.05) is 24.1 Å². The number of amides is 1. The molecule has 0 saturated heterocycles. The van der Waals surface area contributed by atoms with Crippen LogP contribution in [0.1, 0.15) is 10.4 Å². The van der Waals surface area contributed by atoms with E-state index in [1.54, 1.807) is 30.3 Å². The number of nitrogens with zero attached hydrogens (tertiary/aromatic N) is 1. The first-order valence-corrected chi connectivity index (χ1v) is 7.29. The molecule has 0 fully saturated rings. The average molecular weight is 339 g/mol. The number of benzene rings is 2. The molecule has 0 aliphatic heterocycles. The second-order valence-corrected chi connectivity index (χ2v) is 5.73. The van der Waals surface area contributed by atoms with E-state index in [0.29, 0.717) is 27.0 Å². The maximum Gasteiger partial charge on any atom is 0.259 e. The van der Waals surface area contributed by atoms with Crippen molar-refractivity contribution in [1.82, 2.24) is 0 Å². The Morgan fingerprint density at radius 3 is 2.36 bits per heavy atom. The number of hydrogen-bond donors (Lipinski definition) is 1. The Labute approximate surface area is 139 Å². The summed E-state index contributed by atoms with van der Waals surface area (Å²) < 4.78 is 5.20. The molecule has 0 unspecified atom stereocenters. The lowest BCUT2D eigenvalue weighted by atomic mass is 10.1. The zero-order valence-corrected chi connectivity index (χ0v) is 14.0. The SMILES string of the molecule is COc1ccc(Cl)cc1C(=O)Nc1cc(Cl)ccc1N(C)C. The van der Waals surface area contributed by atoms with Crippen molar-refractivity contribution in [2.75, 3.05) is 31.4 Å². The van der Waals surface area contributed by atoms with Gasteiger partial charge in [-0.1, -0.05) is 23.2 Å². The van der Waals surface area contributed by atoms with Crippen molar-refractivity contribution >= 4 is 40.5 Å². The van der Waals surface area contributed by atoms with E-state index in [1.807, 2.05) is 25.1 Å². The van der Waals surface area contributed by atoms with Gasteiger partial charge in [0.15, 0.2) is 0 Å². The fourth-order valence-corrected chi connectivity index (χ4v) is 2.39. The smallest absolute Gasteiger partial charge is 0.259 e. The van der Waals surface area contributed by atoms with Gasteiger partial charge >= 0.3 is 0 Å². The number of nitrogens with one attached hydrogen (secondary N) is 1. The molecule has 0 aliphatic carbocycles. The van der Waals surface area contributed by atoms with Gasteiger partial charge in [0.25, 0.3) is 5.91 Å². The third kappa shape index (κ3) is 3.64. The molecule has 2 rings (SSSR count). The molecule has 4 nitrogen and oxygen atoms in total. The fraction of sp³-hybridized carbons (Fsp3) is 0.188. The summed E-state index contributed by atoms with van der Waals surface area (Å²) in [5.41, 5.74) is 1.82. The average Bonchev–Trinajstić information content (AvgIpc) is 2.46. The molecule has 0 bridgehead atoms. The van der Waals surface area contributed by atoms with Crippen LogP contribution in [-0.4, -0.2) is 27.1 Å². The maximum absolute atomic E-state index is 12.5. The van der Waals surface area contributed by atoms with Crippen molar-refractivity contribution in [3.8, 4) is 5.75 Å². The van der Waals surface area contributed by atoms with Crippen molar-refractivity contribution in [3.63, 3.8) is 0 Å². The summed E-state index contributed by atoms with van der Waals surface area (Å²) in [5.74, 6) is 0.139. The Hall–Kier alpha value is -1.91. The summed E-state index contributed by atoms with van der Waals surface area (Å²) in [6.45, 7) is 0. The molecule has 1 N–H and O–H groups in total. The predicted octanol–water partition coefficient (Wildman–Crippen LogP) is 4.32. The lowest BCUT2D eigenvalue weighted by Gasteiger charge is -2.18. The van der Waals surface area contributed by atoms with Crippen LogP contribution in [0.3, 0.4) is 0 Å². The van der Waals surface area contributed by atoms with E-state index in [1.165, 1.54) is 7.11 Å². The zero-order valence-electron chi connectivity index (χ0n) is 12.5. The summed E-state index contributed by atoms with van der Waals surface area (Å²) in [4.78, 5) is 14.4. The van der Waals surface area contributed by atoms with E-state index in [2.05, 4.69) is 5.32 Å². The molecule has 2 aromatic carbocycles. The van der Waals surface area contributed by atoms with E-state index in [-0.39, 0.29) is 5.91 Å². The molecule has 22 heavy (non-hydrogen) atoms. The fourth-order valence-electron chi connectivity index (χ4n) is 2.05. The number of methoxy groups -OCH3 is 1.